The van der Waals surface area contributed by atoms with Crippen LogP contribution in [0.5, 0.6) is 0 Å². The number of hydrogen-bond donors (Lipinski definition) is 2. The number of nitrogens with one attached hydrogen (secondary N) is 2. The van der Waals surface area contributed by atoms with Gasteiger partial charge in [-0.3, -0.25) is 9.52 Å². The molecule has 1 aromatic heterocycles. The van der Waals surface area contributed by atoms with Gasteiger partial charge in [0, 0.05) is 21.2 Å². The van der Waals surface area contributed by atoms with E-state index < -0.39 is 15.9 Å². The zero-order chi connectivity index (χ0) is 20.1. The molecular formula is C19H16ClN3O3S2. The molecule has 0 atom stereocenters. The zero-order valence-corrected chi connectivity index (χ0v) is 17.1. The van der Waals surface area contributed by atoms with Crippen molar-refractivity contribution in [2.45, 2.75) is 11.8 Å². The van der Waals surface area contributed by atoms with E-state index in [1.807, 2.05) is 17.5 Å². The maximum absolute atomic E-state index is 12.6. The van der Waals surface area contributed by atoms with Gasteiger partial charge < -0.3 is 0 Å². The van der Waals surface area contributed by atoms with Gasteiger partial charge in [0.2, 0.25) is 0 Å². The summed E-state index contributed by atoms with van der Waals surface area (Å²) >= 11 is 7.32. The van der Waals surface area contributed by atoms with E-state index in [1.165, 1.54) is 35.6 Å². The molecule has 1 heterocycles. The van der Waals surface area contributed by atoms with E-state index in [1.54, 1.807) is 31.2 Å². The maximum atomic E-state index is 12.6. The fraction of sp³-hybridized carbons (Fsp3) is 0.0526. The molecule has 0 aliphatic rings. The summed E-state index contributed by atoms with van der Waals surface area (Å²) in [6, 6.07) is 15.8. The van der Waals surface area contributed by atoms with Gasteiger partial charge >= 0.3 is 0 Å². The lowest BCUT2D eigenvalue weighted by atomic mass is 10.2. The number of hydrogen-bond acceptors (Lipinski definition) is 5. The Morgan fingerprint density at radius 1 is 1.07 bits per heavy atom. The van der Waals surface area contributed by atoms with Crippen molar-refractivity contribution in [2.24, 2.45) is 5.10 Å². The van der Waals surface area contributed by atoms with Crippen LogP contribution in [0.3, 0.4) is 0 Å². The Morgan fingerprint density at radius 2 is 1.82 bits per heavy atom. The van der Waals surface area contributed by atoms with Crippen LogP contribution in [0.4, 0.5) is 5.69 Å². The Labute approximate surface area is 171 Å². The average Bonchev–Trinajstić information content (AvgIpc) is 3.22. The standard InChI is InChI=1S/C19H16ClN3O3S2/c1-13(18-6-3-11-27-18)21-22-19(24)14-4-2-5-17(12-14)28(25,26)23-16-9-7-15(20)8-10-16/h2-12,23H,1H3,(H,22,24)/b21-13+. The summed E-state index contributed by atoms with van der Waals surface area (Å²) in [6.07, 6.45) is 0. The summed E-state index contributed by atoms with van der Waals surface area (Å²) in [5.74, 6) is -0.501. The average molecular weight is 434 g/mol. The fourth-order valence-electron chi connectivity index (χ4n) is 2.28. The number of hydrazone groups is 1. The molecule has 2 aromatic carbocycles. The molecule has 28 heavy (non-hydrogen) atoms. The van der Waals surface area contributed by atoms with Crippen LogP contribution in [-0.4, -0.2) is 20.0 Å². The van der Waals surface area contributed by atoms with Crippen molar-refractivity contribution in [3.05, 3.63) is 81.5 Å². The Morgan fingerprint density at radius 3 is 2.50 bits per heavy atom. The van der Waals surface area contributed by atoms with E-state index in [2.05, 4.69) is 15.2 Å². The van der Waals surface area contributed by atoms with Gasteiger partial charge in [0.05, 0.1) is 10.6 Å². The van der Waals surface area contributed by atoms with Crippen molar-refractivity contribution in [3.8, 4) is 0 Å². The lowest BCUT2D eigenvalue weighted by molar-refractivity contribution is 0.0954. The number of anilines is 1. The topological polar surface area (TPSA) is 87.6 Å². The lowest BCUT2D eigenvalue weighted by Gasteiger charge is -2.09. The highest BCUT2D eigenvalue weighted by Gasteiger charge is 2.16. The third-order valence-corrected chi connectivity index (χ3v) is 6.32. The van der Waals surface area contributed by atoms with Crippen molar-refractivity contribution in [3.63, 3.8) is 0 Å². The molecule has 2 N–H and O–H groups in total. The van der Waals surface area contributed by atoms with E-state index in [0.29, 0.717) is 16.4 Å². The largest absolute Gasteiger partial charge is 0.280 e. The molecular weight excluding hydrogens is 418 g/mol. The number of benzene rings is 2. The van der Waals surface area contributed by atoms with Gasteiger partial charge in [-0.25, -0.2) is 13.8 Å². The first-order valence-corrected chi connectivity index (χ1v) is 10.9. The van der Waals surface area contributed by atoms with Crippen LogP contribution in [-0.2, 0) is 10.0 Å². The van der Waals surface area contributed by atoms with Gasteiger partial charge in [-0.15, -0.1) is 11.3 Å². The summed E-state index contributed by atoms with van der Waals surface area (Å²) < 4.78 is 27.6. The third kappa shape index (κ3) is 4.98. The Bertz CT molecular complexity index is 1110. The molecule has 0 spiro atoms. The van der Waals surface area contributed by atoms with Crippen LogP contribution >= 0.6 is 22.9 Å². The van der Waals surface area contributed by atoms with Crippen LogP contribution < -0.4 is 10.1 Å². The summed E-state index contributed by atoms with van der Waals surface area (Å²) in [5.41, 5.74) is 3.66. The van der Waals surface area contributed by atoms with Gasteiger partial charge in [0.1, 0.15) is 0 Å². The van der Waals surface area contributed by atoms with Crippen LogP contribution in [0.15, 0.2) is 76.0 Å². The molecule has 9 heteroatoms. The summed E-state index contributed by atoms with van der Waals surface area (Å²) in [4.78, 5) is 13.2. The number of rotatable bonds is 6. The maximum Gasteiger partial charge on any atom is 0.271 e. The number of amides is 1. The Kier molecular flexibility index (Phi) is 6.13. The van der Waals surface area contributed by atoms with Crippen LogP contribution in [0.1, 0.15) is 22.2 Å². The highest BCUT2D eigenvalue weighted by atomic mass is 35.5. The first kappa shape index (κ1) is 20.1. The van der Waals surface area contributed by atoms with Gasteiger partial charge in [-0.2, -0.15) is 5.10 Å². The highest BCUT2D eigenvalue weighted by Crippen LogP contribution is 2.19. The normalized spacial score (nSPS) is 11.9. The molecule has 0 saturated carbocycles. The molecule has 0 aliphatic heterocycles. The molecule has 1 amide bonds. The first-order chi connectivity index (χ1) is 13.3. The molecule has 6 nitrogen and oxygen atoms in total. The van der Waals surface area contributed by atoms with Gasteiger partial charge in [0.15, 0.2) is 0 Å². The van der Waals surface area contributed by atoms with Crippen molar-refractivity contribution < 1.29 is 13.2 Å². The second kappa shape index (κ2) is 8.55. The Hall–Kier alpha value is -2.68. The van der Waals surface area contributed by atoms with Gasteiger partial charge in [-0.05, 0) is 60.8 Å². The highest BCUT2D eigenvalue weighted by molar-refractivity contribution is 7.92. The van der Waals surface area contributed by atoms with E-state index in [-0.39, 0.29) is 10.5 Å². The number of sulfonamides is 1. The molecule has 3 aromatic rings. The number of carbonyl (C=O) groups excluding carboxylic acids is 1. The van der Waals surface area contributed by atoms with E-state index >= 15 is 0 Å². The second-order valence-corrected chi connectivity index (χ2v) is 8.82. The monoisotopic (exact) mass is 433 g/mol. The first-order valence-electron chi connectivity index (χ1n) is 8.12. The smallest absolute Gasteiger partial charge is 0.271 e. The summed E-state index contributed by atoms with van der Waals surface area (Å²) in [5, 5.41) is 6.48. The lowest BCUT2D eigenvalue weighted by Crippen LogP contribution is -2.20. The van der Waals surface area contributed by atoms with E-state index in [9.17, 15) is 13.2 Å². The SMILES string of the molecule is C/C(=N\NC(=O)c1cccc(S(=O)(=O)Nc2ccc(Cl)cc2)c1)c1cccs1. The van der Waals surface area contributed by atoms with Crippen molar-refractivity contribution in [2.75, 3.05) is 4.72 Å². The second-order valence-electron chi connectivity index (χ2n) is 5.76. The number of carbonyl (C=O) groups is 1. The number of halogens is 1. The molecule has 3 rings (SSSR count). The Balaban J connectivity index is 1.76. The fourth-order valence-corrected chi connectivity index (χ4v) is 4.18. The van der Waals surface area contributed by atoms with Crippen molar-refractivity contribution >= 4 is 50.3 Å². The molecule has 0 fully saturated rings. The quantitative estimate of drug-likeness (QED) is 0.447. The van der Waals surface area contributed by atoms with Gasteiger partial charge in [-0.1, -0.05) is 23.7 Å². The minimum Gasteiger partial charge on any atom is -0.280 e. The van der Waals surface area contributed by atoms with Gasteiger partial charge in [0.25, 0.3) is 15.9 Å². The molecule has 0 unspecified atom stereocenters. The number of nitrogens with zero attached hydrogens (tertiary/aromatic N) is 1. The van der Waals surface area contributed by atoms with E-state index in [4.69, 9.17) is 11.6 Å². The predicted molar refractivity (Wildman–Crippen MR) is 113 cm³/mol. The molecule has 0 bridgehead atoms. The zero-order valence-electron chi connectivity index (χ0n) is 14.7. The molecule has 144 valence electrons. The number of thiophene rings is 1. The molecule has 0 saturated heterocycles. The molecule has 0 radical (unpaired) electrons. The van der Waals surface area contributed by atoms with Crippen molar-refractivity contribution in [1.82, 2.24) is 5.43 Å². The van der Waals surface area contributed by atoms with Crippen LogP contribution in [0, 0.1) is 0 Å². The summed E-state index contributed by atoms with van der Waals surface area (Å²) in [6.45, 7) is 1.78. The predicted octanol–water partition coefficient (Wildman–Crippen LogP) is 4.36. The van der Waals surface area contributed by atoms with Crippen LogP contribution in [0.25, 0.3) is 0 Å². The van der Waals surface area contributed by atoms with E-state index in [0.717, 1.165) is 4.88 Å². The third-order valence-electron chi connectivity index (χ3n) is 3.71. The minimum atomic E-state index is -3.86. The van der Waals surface area contributed by atoms with Crippen molar-refractivity contribution in [1.29, 1.82) is 0 Å². The van der Waals surface area contributed by atoms with Crippen LogP contribution in [0.2, 0.25) is 5.02 Å². The summed E-state index contributed by atoms with van der Waals surface area (Å²) in [7, 11) is -3.86. The minimum absolute atomic E-state index is 0.0333. The molecule has 0 aliphatic carbocycles.